The van der Waals surface area contributed by atoms with Crippen molar-refractivity contribution in [1.29, 1.82) is 0 Å². The molecule has 0 amide bonds. The zero-order valence-corrected chi connectivity index (χ0v) is 6.16. The highest BCUT2D eigenvalue weighted by atomic mass is 16.1. The minimum Gasteiger partial charge on any atom is -0.303 e. The van der Waals surface area contributed by atoms with Crippen molar-refractivity contribution < 1.29 is 4.79 Å². The maximum absolute atomic E-state index is 9.80. The Morgan fingerprint density at radius 1 is 1.10 bits per heavy atom. The summed E-state index contributed by atoms with van der Waals surface area (Å²) in [6, 6.07) is 0. The van der Waals surface area contributed by atoms with E-state index < -0.39 is 0 Å². The second-order valence-electron chi connectivity index (χ2n) is 1.74. The van der Waals surface area contributed by atoms with Crippen LogP contribution in [0.25, 0.3) is 0 Å². The van der Waals surface area contributed by atoms with E-state index >= 15 is 0 Å². The van der Waals surface area contributed by atoms with Gasteiger partial charge in [0.05, 0.1) is 0 Å². The summed E-state index contributed by atoms with van der Waals surface area (Å²) in [5.41, 5.74) is 0. The smallest absolute Gasteiger partial charge is 0.123 e. The van der Waals surface area contributed by atoms with Gasteiger partial charge in [-0.25, -0.2) is 0 Å². The van der Waals surface area contributed by atoms with E-state index in [-0.39, 0.29) is 0 Å². The van der Waals surface area contributed by atoms with E-state index in [1.165, 1.54) is 0 Å². The number of allylic oxidation sites excluding steroid dienone is 6. The topological polar surface area (TPSA) is 17.1 Å². The number of carbonyl (C=O) groups is 1. The highest BCUT2D eigenvalue weighted by Crippen LogP contribution is 1.81. The maximum atomic E-state index is 9.80. The van der Waals surface area contributed by atoms with E-state index in [2.05, 4.69) is 0 Å². The van der Waals surface area contributed by atoms with Crippen molar-refractivity contribution in [2.24, 2.45) is 0 Å². The first-order chi connectivity index (χ1) is 4.91. The largest absolute Gasteiger partial charge is 0.303 e. The van der Waals surface area contributed by atoms with Crippen molar-refractivity contribution >= 4 is 6.29 Å². The molecular formula is C9H12O. The Morgan fingerprint density at radius 3 is 2.40 bits per heavy atom. The fraction of sp³-hybridized carbons (Fsp3) is 0.222. The van der Waals surface area contributed by atoms with Crippen molar-refractivity contribution in [3.63, 3.8) is 0 Å². The number of aldehydes is 1. The van der Waals surface area contributed by atoms with Crippen LogP contribution in [-0.2, 0) is 4.79 Å². The molecule has 54 valence electrons. The normalized spacial score (nSPS) is 12.1. The van der Waals surface area contributed by atoms with E-state index in [1.807, 2.05) is 43.4 Å². The van der Waals surface area contributed by atoms with Gasteiger partial charge in [0.25, 0.3) is 0 Å². The predicted molar refractivity (Wildman–Crippen MR) is 43.8 cm³/mol. The fourth-order valence-corrected chi connectivity index (χ4v) is 0.452. The highest BCUT2D eigenvalue weighted by molar-refractivity contribution is 5.52. The van der Waals surface area contributed by atoms with Crippen molar-refractivity contribution in [2.75, 3.05) is 0 Å². The third-order valence-electron chi connectivity index (χ3n) is 0.894. The summed E-state index contributed by atoms with van der Waals surface area (Å²) in [5, 5.41) is 0. The molecule has 0 fully saturated rings. The lowest BCUT2D eigenvalue weighted by molar-refractivity contribution is -0.107. The van der Waals surface area contributed by atoms with Gasteiger partial charge >= 0.3 is 0 Å². The molecule has 0 N–H and O–H groups in total. The first-order valence-electron chi connectivity index (χ1n) is 3.30. The van der Waals surface area contributed by atoms with Crippen LogP contribution in [0.3, 0.4) is 0 Å². The molecule has 0 heterocycles. The molecule has 0 aromatic rings. The molecular weight excluding hydrogens is 124 g/mol. The van der Waals surface area contributed by atoms with Crippen LogP contribution in [0.1, 0.15) is 13.3 Å². The van der Waals surface area contributed by atoms with Crippen molar-refractivity contribution in [3.8, 4) is 0 Å². The minimum absolute atomic E-state index is 0.500. The molecule has 0 atom stereocenters. The van der Waals surface area contributed by atoms with E-state index in [4.69, 9.17) is 0 Å². The highest BCUT2D eigenvalue weighted by Gasteiger charge is 1.66. The average molecular weight is 136 g/mol. The van der Waals surface area contributed by atoms with E-state index in [0.29, 0.717) is 6.42 Å². The number of hydrogen-bond acceptors (Lipinski definition) is 1. The van der Waals surface area contributed by atoms with Crippen molar-refractivity contribution in [1.82, 2.24) is 0 Å². The second-order valence-corrected chi connectivity index (χ2v) is 1.74. The van der Waals surface area contributed by atoms with Crippen LogP contribution in [-0.4, -0.2) is 6.29 Å². The van der Waals surface area contributed by atoms with Crippen LogP contribution in [0.2, 0.25) is 0 Å². The average Bonchev–Trinajstić information content (AvgIpc) is 1.97. The molecule has 1 nitrogen and oxygen atoms in total. The summed E-state index contributed by atoms with van der Waals surface area (Å²) < 4.78 is 0. The Labute approximate surface area is 61.8 Å². The fourth-order valence-electron chi connectivity index (χ4n) is 0.452. The molecule has 0 rings (SSSR count). The molecule has 0 aliphatic carbocycles. The van der Waals surface area contributed by atoms with Crippen LogP contribution in [0.4, 0.5) is 0 Å². The van der Waals surface area contributed by atoms with Gasteiger partial charge in [-0.15, -0.1) is 0 Å². The molecule has 0 aliphatic rings. The van der Waals surface area contributed by atoms with Gasteiger partial charge < -0.3 is 4.79 Å². The Balaban J connectivity index is 3.41. The maximum Gasteiger partial charge on any atom is 0.123 e. The Kier molecular flexibility index (Phi) is 7.01. The predicted octanol–water partition coefficient (Wildman–Crippen LogP) is 2.26. The molecule has 0 bridgehead atoms. The van der Waals surface area contributed by atoms with Gasteiger partial charge in [-0.1, -0.05) is 36.5 Å². The molecule has 0 saturated heterocycles. The van der Waals surface area contributed by atoms with Crippen LogP contribution in [0.5, 0.6) is 0 Å². The lowest BCUT2D eigenvalue weighted by atomic mass is 10.3. The molecule has 0 aromatic carbocycles. The third kappa shape index (κ3) is 6.89. The Hall–Kier alpha value is -1.11. The van der Waals surface area contributed by atoms with Gasteiger partial charge in [0.2, 0.25) is 0 Å². The number of hydrogen-bond donors (Lipinski definition) is 0. The van der Waals surface area contributed by atoms with Gasteiger partial charge in [-0.05, 0) is 6.92 Å². The van der Waals surface area contributed by atoms with Gasteiger partial charge in [0, 0.05) is 6.42 Å². The summed E-state index contributed by atoms with van der Waals surface area (Å²) in [6.45, 7) is 1.96. The van der Waals surface area contributed by atoms with E-state index in [1.54, 1.807) is 0 Å². The number of carbonyl (C=O) groups excluding carboxylic acids is 1. The first-order valence-corrected chi connectivity index (χ1v) is 3.30. The summed E-state index contributed by atoms with van der Waals surface area (Å²) in [5.74, 6) is 0. The van der Waals surface area contributed by atoms with Gasteiger partial charge in [-0.3, -0.25) is 0 Å². The molecule has 1 heteroatoms. The summed E-state index contributed by atoms with van der Waals surface area (Å²) in [4.78, 5) is 9.80. The first kappa shape index (κ1) is 8.89. The summed E-state index contributed by atoms with van der Waals surface area (Å²) in [6.07, 6.45) is 12.7. The van der Waals surface area contributed by atoms with Gasteiger partial charge in [0.1, 0.15) is 6.29 Å². The van der Waals surface area contributed by atoms with Gasteiger partial charge in [0.15, 0.2) is 0 Å². The van der Waals surface area contributed by atoms with Crippen LogP contribution in [0, 0.1) is 0 Å². The monoisotopic (exact) mass is 136 g/mol. The number of rotatable bonds is 4. The quantitative estimate of drug-likeness (QED) is 0.428. The Morgan fingerprint density at radius 2 is 1.80 bits per heavy atom. The zero-order chi connectivity index (χ0) is 7.66. The van der Waals surface area contributed by atoms with E-state index in [0.717, 1.165) is 6.29 Å². The summed E-state index contributed by atoms with van der Waals surface area (Å²) in [7, 11) is 0. The molecule has 0 aliphatic heterocycles. The second kappa shape index (κ2) is 7.89. The van der Waals surface area contributed by atoms with Crippen molar-refractivity contribution in [2.45, 2.75) is 13.3 Å². The lowest BCUT2D eigenvalue weighted by Gasteiger charge is -1.72. The lowest BCUT2D eigenvalue weighted by Crippen LogP contribution is -1.62. The van der Waals surface area contributed by atoms with Crippen LogP contribution in [0.15, 0.2) is 36.5 Å². The molecule has 0 saturated carbocycles. The minimum atomic E-state index is 0.500. The van der Waals surface area contributed by atoms with Crippen LogP contribution < -0.4 is 0 Å². The third-order valence-corrected chi connectivity index (χ3v) is 0.894. The van der Waals surface area contributed by atoms with E-state index in [9.17, 15) is 4.79 Å². The molecule has 0 unspecified atom stereocenters. The van der Waals surface area contributed by atoms with Crippen molar-refractivity contribution in [3.05, 3.63) is 36.5 Å². The molecule has 10 heavy (non-hydrogen) atoms. The molecule has 0 aromatic heterocycles. The van der Waals surface area contributed by atoms with Crippen LogP contribution >= 0.6 is 0 Å². The Bertz CT molecular complexity index is 152. The molecule has 0 spiro atoms. The SMILES string of the molecule is C/C=C/C=C/C=C/CC=O. The zero-order valence-electron chi connectivity index (χ0n) is 6.16. The van der Waals surface area contributed by atoms with Gasteiger partial charge in [-0.2, -0.15) is 0 Å². The summed E-state index contributed by atoms with van der Waals surface area (Å²) >= 11 is 0. The standard InChI is InChI=1S/C9H12O/c1-2-3-4-5-6-7-8-9-10/h2-7,9H,8H2,1H3/b3-2+,5-4+,7-6+. The molecule has 0 radical (unpaired) electrons.